The fourth-order valence-electron chi connectivity index (χ4n) is 2.77. The van der Waals surface area contributed by atoms with Crippen LogP contribution < -0.4 is 0 Å². The van der Waals surface area contributed by atoms with Crippen LogP contribution in [0.25, 0.3) is 0 Å². The van der Waals surface area contributed by atoms with Crippen molar-refractivity contribution in [2.24, 2.45) is 7.05 Å². The fourth-order valence-corrected chi connectivity index (χ4v) is 3.63. The second-order valence-electron chi connectivity index (χ2n) is 5.00. The van der Waals surface area contributed by atoms with Crippen LogP contribution in [0.3, 0.4) is 0 Å². The zero-order valence-corrected chi connectivity index (χ0v) is 12.2. The van der Waals surface area contributed by atoms with Crippen LogP contribution in [0, 0.1) is 0 Å². The van der Waals surface area contributed by atoms with Crippen LogP contribution in [-0.4, -0.2) is 20.9 Å². The van der Waals surface area contributed by atoms with E-state index in [9.17, 15) is 4.79 Å². The average Bonchev–Trinajstić information content (AvgIpc) is 2.63. The number of carbonyl (C=O) groups is 1. The first kappa shape index (κ1) is 13.6. The topological polar surface area (TPSA) is 55.1 Å². The maximum absolute atomic E-state index is 10.6. The van der Waals surface area contributed by atoms with Gasteiger partial charge in [0.2, 0.25) is 0 Å². The molecule has 0 bridgehead atoms. The van der Waals surface area contributed by atoms with Gasteiger partial charge >= 0.3 is 5.97 Å². The lowest BCUT2D eigenvalue weighted by Crippen LogP contribution is -2.09. The summed E-state index contributed by atoms with van der Waals surface area (Å²) in [5, 5.41) is 13.2. The third kappa shape index (κ3) is 2.94. The number of rotatable bonds is 4. The molecule has 100 valence electrons. The SMILES string of the molecule is Cn1nc(CCC(=O)O)c(Br)c1C1CCCCC1. The van der Waals surface area contributed by atoms with Gasteiger partial charge in [-0.3, -0.25) is 9.48 Å². The van der Waals surface area contributed by atoms with E-state index in [0.717, 1.165) is 10.2 Å². The summed E-state index contributed by atoms with van der Waals surface area (Å²) >= 11 is 3.61. The highest BCUT2D eigenvalue weighted by Gasteiger charge is 2.24. The molecular formula is C13H19BrN2O2. The molecular weight excluding hydrogens is 296 g/mol. The Kier molecular flexibility index (Phi) is 4.43. The zero-order valence-electron chi connectivity index (χ0n) is 10.7. The van der Waals surface area contributed by atoms with E-state index in [1.807, 2.05) is 11.7 Å². The maximum atomic E-state index is 10.6. The number of hydrogen-bond donors (Lipinski definition) is 1. The van der Waals surface area contributed by atoms with Crippen molar-refractivity contribution < 1.29 is 9.90 Å². The minimum absolute atomic E-state index is 0.139. The summed E-state index contributed by atoms with van der Waals surface area (Å²) in [5.41, 5.74) is 2.12. The van der Waals surface area contributed by atoms with Crippen molar-refractivity contribution in [1.29, 1.82) is 0 Å². The molecule has 0 saturated heterocycles. The molecule has 0 aromatic carbocycles. The molecule has 1 aliphatic carbocycles. The van der Waals surface area contributed by atoms with Crippen molar-refractivity contribution in [3.63, 3.8) is 0 Å². The lowest BCUT2D eigenvalue weighted by Gasteiger charge is -2.22. The number of aromatic nitrogens is 2. The Hall–Kier alpha value is -0.840. The van der Waals surface area contributed by atoms with Gasteiger partial charge in [-0.1, -0.05) is 19.3 Å². The molecule has 0 unspecified atom stereocenters. The summed E-state index contributed by atoms with van der Waals surface area (Å²) in [7, 11) is 1.96. The molecule has 1 N–H and O–H groups in total. The zero-order chi connectivity index (χ0) is 13.1. The van der Waals surface area contributed by atoms with E-state index >= 15 is 0 Å². The maximum Gasteiger partial charge on any atom is 0.303 e. The predicted molar refractivity (Wildman–Crippen MR) is 72.7 cm³/mol. The Balaban J connectivity index is 2.17. The number of hydrogen-bond acceptors (Lipinski definition) is 2. The second kappa shape index (κ2) is 5.87. The highest BCUT2D eigenvalue weighted by molar-refractivity contribution is 9.10. The van der Waals surface area contributed by atoms with Gasteiger partial charge in [0.05, 0.1) is 22.3 Å². The Morgan fingerprint density at radius 2 is 2.11 bits per heavy atom. The van der Waals surface area contributed by atoms with Crippen LogP contribution >= 0.6 is 15.9 Å². The number of carboxylic acid groups (broad SMARTS) is 1. The van der Waals surface area contributed by atoms with E-state index in [1.54, 1.807) is 0 Å². The molecule has 0 atom stereocenters. The molecule has 1 fully saturated rings. The standard InChI is InChI=1S/C13H19BrN2O2/c1-16-13(9-5-3-2-4-6-9)12(14)10(15-16)7-8-11(17)18/h9H,2-8H2,1H3,(H,17,18). The minimum atomic E-state index is -0.772. The van der Waals surface area contributed by atoms with Crippen molar-refractivity contribution in [2.75, 3.05) is 0 Å². The normalized spacial score (nSPS) is 17.0. The molecule has 2 rings (SSSR count). The van der Waals surface area contributed by atoms with Gasteiger partial charge in [0.1, 0.15) is 0 Å². The molecule has 0 amide bonds. The van der Waals surface area contributed by atoms with Crippen molar-refractivity contribution in [3.05, 3.63) is 15.9 Å². The molecule has 18 heavy (non-hydrogen) atoms. The third-order valence-corrected chi connectivity index (χ3v) is 4.53. The molecule has 0 spiro atoms. The van der Waals surface area contributed by atoms with Crippen LogP contribution in [0.1, 0.15) is 55.8 Å². The Morgan fingerprint density at radius 1 is 1.44 bits per heavy atom. The number of nitrogens with zero attached hydrogens (tertiary/aromatic N) is 2. The van der Waals surface area contributed by atoms with Gasteiger partial charge < -0.3 is 5.11 Å². The quantitative estimate of drug-likeness (QED) is 0.928. The number of aliphatic carboxylic acids is 1. The van der Waals surface area contributed by atoms with Gasteiger partial charge in [-0.2, -0.15) is 5.10 Å². The first-order chi connectivity index (χ1) is 8.59. The van der Waals surface area contributed by atoms with E-state index in [0.29, 0.717) is 12.3 Å². The first-order valence-corrected chi connectivity index (χ1v) is 7.32. The van der Waals surface area contributed by atoms with Gasteiger partial charge in [0, 0.05) is 19.4 Å². The van der Waals surface area contributed by atoms with E-state index < -0.39 is 5.97 Å². The molecule has 1 saturated carbocycles. The van der Waals surface area contributed by atoms with Gasteiger partial charge in [-0.25, -0.2) is 0 Å². The molecule has 4 nitrogen and oxygen atoms in total. The number of aryl methyl sites for hydroxylation is 2. The molecule has 0 radical (unpaired) electrons. The third-order valence-electron chi connectivity index (χ3n) is 3.67. The van der Waals surface area contributed by atoms with E-state index in [1.165, 1.54) is 37.8 Å². The summed E-state index contributed by atoms with van der Waals surface area (Å²) in [4.78, 5) is 10.6. The summed E-state index contributed by atoms with van der Waals surface area (Å²) in [6.07, 6.45) is 6.97. The predicted octanol–water partition coefficient (Wildman–Crippen LogP) is 3.25. The largest absolute Gasteiger partial charge is 0.481 e. The lowest BCUT2D eigenvalue weighted by molar-refractivity contribution is -0.136. The highest BCUT2D eigenvalue weighted by Crippen LogP contribution is 2.37. The molecule has 5 heteroatoms. The fraction of sp³-hybridized carbons (Fsp3) is 0.692. The highest BCUT2D eigenvalue weighted by atomic mass is 79.9. The van der Waals surface area contributed by atoms with Crippen LogP contribution in [0.2, 0.25) is 0 Å². The monoisotopic (exact) mass is 314 g/mol. The van der Waals surface area contributed by atoms with E-state index in [2.05, 4.69) is 21.0 Å². The van der Waals surface area contributed by atoms with Crippen LogP contribution in [0.5, 0.6) is 0 Å². The molecule has 1 aromatic rings. The van der Waals surface area contributed by atoms with Crippen LogP contribution in [-0.2, 0) is 18.3 Å². The van der Waals surface area contributed by atoms with Crippen molar-refractivity contribution in [2.45, 2.75) is 50.9 Å². The van der Waals surface area contributed by atoms with E-state index in [-0.39, 0.29) is 6.42 Å². The summed E-state index contributed by atoms with van der Waals surface area (Å²) in [6, 6.07) is 0. The van der Waals surface area contributed by atoms with Crippen molar-refractivity contribution >= 4 is 21.9 Å². The molecule has 0 aliphatic heterocycles. The van der Waals surface area contributed by atoms with Gasteiger partial charge in [0.15, 0.2) is 0 Å². The molecule has 1 heterocycles. The van der Waals surface area contributed by atoms with Crippen molar-refractivity contribution in [1.82, 2.24) is 9.78 Å². The minimum Gasteiger partial charge on any atom is -0.481 e. The lowest BCUT2D eigenvalue weighted by atomic mass is 9.87. The van der Waals surface area contributed by atoms with Crippen LogP contribution in [0.4, 0.5) is 0 Å². The average molecular weight is 315 g/mol. The van der Waals surface area contributed by atoms with Gasteiger partial charge in [0.25, 0.3) is 0 Å². The van der Waals surface area contributed by atoms with E-state index in [4.69, 9.17) is 5.11 Å². The van der Waals surface area contributed by atoms with Gasteiger partial charge in [-0.05, 0) is 28.8 Å². The Morgan fingerprint density at radius 3 is 2.72 bits per heavy atom. The number of halogens is 1. The number of carboxylic acids is 1. The Bertz CT molecular complexity index is 436. The summed E-state index contributed by atoms with van der Waals surface area (Å²) in [6.45, 7) is 0. The van der Waals surface area contributed by atoms with Gasteiger partial charge in [-0.15, -0.1) is 0 Å². The second-order valence-corrected chi connectivity index (χ2v) is 5.79. The Labute approximate surface area is 116 Å². The first-order valence-electron chi connectivity index (χ1n) is 6.52. The molecule has 1 aliphatic rings. The smallest absolute Gasteiger partial charge is 0.303 e. The van der Waals surface area contributed by atoms with Crippen LogP contribution in [0.15, 0.2) is 4.47 Å². The van der Waals surface area contributed by atoms with Crippen molar-refractivity contribution in [3.8, 4) is 0 Å². The molecule has 1 aromatic heterocycles. The summed E-state index contributed by atoms with van der Waals surface area (Å²) in [5.74, 6) is -0.198. The summed E-state index contributed by atoms with van der Waals surface area (Å²) < 4.78 is 2.95.